The van der Waals surface area contributed by atoms with E-state index in [1.54, 1.807) is 0 Å². The van der Waals surface area contributed by atoms with E-state index >= 15 is 0 Å². The zero-order valence-corrected chi connectivity index (χ0v) is 31.9. The molecule has 0 atom stereocenters. The molecule has 0 aliphatic carbocycles. The fraction of sp³-hybridized carbons (Fsp3) is 0.0204. The summed E-state index contributed by atoms with van der Waals surface area (Å²) in [4.78, 5) is 10.2. The molecule has 4 aromatic heterocycles. The Bertz CT molecular complexity index is 3190. The lowest BCUT2D eigenvalue weighted by Gasteiger charge is -2.35. The van der Waals surface area contributed by atoms with Crippen molar-refractivity contribution in [2.24, 2.45) is 7.05 Å². The minimum Gasteiger partial charge on any atom is -0.327 e. The number of nitrogens with zero attached hydrogens (tertiary/aromatic N) is 4. The SMILES string of the molecule is Cn1c(-c2cccc([Si](c3ccccc3)(c3ccccc3)c3cccc(-n4c5cc6c(cc5c5cccnc54)sc4ccccc46)c3)c2)nc2ccccc21. The Balaban J connectivity index is 1.20. The number of benzene rings is 7. The number of hydrogen-bond acceptors (Lipinski definition) is 3. The molecule has 55 heavy (non-hydrogen) atoms. The highest BCUT2D eigenvalue weighted by atomic mass is 32.1. The Morgan fingerprint density at radius 1 is 0.491 bits per heavy atom. The van der Waals surface area contributed by atoms with Gasteiger partial charge < -0.3 is 4.57 Å². The molecule has 0 fully saturated rings. The highest BCUT2D eigenvalue weighted by Crippen LogP contribution is 2.40. The first-order valence-electron chi connectivity index (χ1n) is 18.6. The van der Waals surface area contributed by atoms with Gasteiger partial charge in [-0.05, 0) is 75.3 Å². The number of hydrogen-bond donors (Lipinski definition) is 0. The Kier molecular flexibility index (Phi) is 7.24. The zero-order valence-electron chi connectivity index (χ0n) is 30.1. The van der Waals surface area contributed by atoms with Gasteiger partial charge in [0, 0.05) is 55.4 Å². The predicted octanol–water partition coefficient (Wildman–Crippen LogP) is 9.48. The number of imidazole rings is 1. The summed E-state index contributed by atoms with van der Waals surface area (Å²) in [6.07, 6.45) is 1.92. The van der Waals surface area contributed by atoms with Crippen LogP contribution in [-0.2, 0) is 7.05 Å². The first kappa shape index (κ1) is 31.9. The van der Waals surface area contributed by atoms with Gasteiger partial charge in [-0.2, -0.15) is 0 Å². The minimum absolute atomic E-state index is 0.962. The third-order valence-electron chi connectivity index (χ3n) is 11.3. The van der Waals surface area contributed by atoms with Gasteiger partial charge >= 0.3 is 0 Å². The smallest absolute Gasteiger partial charge is 0.179 e. The topological polar surface area (TPSA) is 35.6 Å². The number of thiophene rings is 1. The van der Waals surface area contributed by atoms with Crippen LogP contribution in [0.1, 0.15) is 0 Å². The van der Waals surface area contributed by atoms with Gasteiger partial charge in [-0.3, -0.25) is 4.57 Å². The van der Waals surface area contributed by atoms with E-state index < -0.39 is 8.07 Å². The molecule has 11 rings (SSSR count). The average Bonchev–Trinajstić information content (AvgIpc) is 3.90. The first-order valence-corrected chi connectivity index (χ1v) is 21.4. The van der Waals surface area contributed by atoms with E-state index in [2.05, 4.69) is 198 Å². The standard InChI is InChI=1S/C49H34N4SSi/c1-52-44-26-10-9-25-43(44)51-48(52)33-15-12-21-37(29-33)55(35-17-4-2-5-18-35,36-19-6-3-7-20-36)38-22-13-16-34(30-38)53-45-31-42-39-23-8-11-27-46(39)54-47(42)32-41(45)40-24-14-28-50-49(40)53/h2-32H,1H3. The van der Waals surface area contributed by atoms with Crippen molar-refractivity contribution < 1.29 is 0 Å². The lowest BCUT2D eigenvalue weighted by molar-refractivity contribution is 0.959. The van der Waals surface area contributed by atoms with Crippen LogP contribution in [-0.4, -0.2) is 27.2 Å². The molecule has 4 heterocycles. The molecule has 0 bridgehead atoms. The molecule has 0 saturated carbocycles. The van der Waals surface area contributed by atoms with Gasteiger partial charge in [-0.15, -0.1) is 11.3 Å². The molecule has 0 radical (unpaired) electrons. The fourth-order valence-electron chi connectivity index (χ4n) is 8.87. The third kappa shape index (κ3) is 4.82. The van der Waals surface area contributed by atoms with Crippen LogP contribution in [0, 0.1) is 0 Å². The van der Waals surface area contributed by atoms with Crippen LogP contribution in [0.25, 0.3) is 70.2 Å². The fourth-order valence-corrected chi connectivity index (χ4v) is 14.8. The largest absolute Gasteiger partial charge is 0.327 e. The lowest BCUT2D eigenvalue weighted by Crippen LogP contribution is -2.74. The Morgan fingerprint density at radius 3 is 1.96 bits per heavy atom. The molecule has 6 heteroatoms. The number of rotatable bonds is 6. The van der Waals surface area contributed by atoms with E-state index in [0.29, 0.717) is 0 Å². The van der Waals surface area contributed by atoms with Gasteiger partial charge in [0.15, 0.2) is 8.07 Å². The molecule has 0 amide bonds. The highest BCUT2D eigenvalue weighted by molar-refractivity contribution is 7.26. The summed E-state index contributed by atoms with van der Waals surface area (Å²) >= 11 is 1.86. The molecule has 4 nitrogen and oxygen atoms in total. The van der Waals surface area contributed by atoms with E-state index in [1.807, 2.05) is 17.5 Å². The van der Waals surface area contributed by atoms with Gasteiger partial charge in [0.05, 0.1) is 16.6 Å². The number of aromatic nitrogens is 4. The van der Waals surface area contributed by atoms with Crippen molar-refractivity contribution in [1.82, 2.24) is 19.1 Å². The van der Waals surface area contributed by atoms with E-state index in [9.17, 15) is 0 Å². The molecule has 11 aromatic rings. The van der Waals surface area contributed by atoms with Gasteiger partial charge in [-0.1, -0.05) is 127 Å². The molecular formula is C49H34N4SSi. The summed E-state index contributed by atoms with van der Waals surface area (Å²) in [5, 5.41) is 10.2. The average molecular weight is 739 g/mol. The minimum atomic E-state index is -2.94. The van der Waals surface area contributed by atoms with Crippen molar-refractivity contribution in [1.29, 1.82) is 0 Å². The predicted molar refractivity (Wildman–Crippen MR) is 235 cm³/mol. The summed E-state index contributed by atoms with van der Waals surface area (Å²) in [7, 11) is -0.820. The van der Waals surface area contributed by atoms with E-state index in [0.717, 1.165) is 44.7 Å². The van der Waals surface area contributed by atoms with Gasteiger partial charge in [-0.25, -0.2) is 9.97 Å². The molecular weight excluding hydrogens is 705 g/mol. The molecule has 7 aromatic carbocycles. The molecule has 0 spiro atoms. The summed E-state index contributed by atoms with van der Waals surface area (Å²) in [6, 6.07) is 66.9. The maximum absolute atomic E-state index is 5.14. The second-order valence-corrected chi connectivity index (χ2v) is 19.2. The zero-order chi connectivity index (χ0) is 36.5. The monoisotopic (exact) mass is 738 g/mol. The van der Waals surface area contributed by atoms with Crippen LogP contribution in [0.5, 0.6) is 0 Å². The lowest BCUT2D eigenvalue weighted by atomic mass is 10.1. The van der Waals surface area contributed by atoms with Gasteiger partial charge in [0.2, 0.25) is 0 Å². The summed E-state index contributed by atoms with van der Waals surface area (Å²) in [5.41, 5.74) is 6.46. The molecule has 0 N–H and O–H groups in total. The molecule has 0 saturated heterocycles. The Labute approximate surface area is 323 Å². The van der Waals surface area contributed by atoms with E-state index in [4.69, 9.17) is 9.97 Å². The quantitative estimate of drug-likeness (QED) is 0.126. The second kappa shape index (κ2) is 12.5. The molecule has 0 aliphatic heterocycles. The molecule has 260 valence electrons. The Morgan fingerprint density at radius 2 is 1.16 bits per heavy atom. The van der Waals surface area contributed by atoms with E-state index in [-0.39, 0.29) is 0 Å². The number of para-hydroxylation sites is 2. The highest BCUT2D eigenvalue weighted by Gasteiger charge is 2.42. The summed E-state index contributed by atoms with van der Waals surface area (Å²) in [5.74, 6) is 0.962. The third-order valence-corrected chi connectivity index (χ3v) is 17.2. The van der Waals surface area contributed by atoms with Gasteiger partial charge in [0.1, 0.15) is 11.5 Å². The van der Waals surface area contributed by atoms with E-state index in [1.165, 1.54) is 46.3 Å². The van der Waals surface area contributed by atoms with Crippen molar-refractivity contribution >= 4 is 93.3 Å². The van der Waals surface area contributed by atoms with Crippen LogP contribution in [0.3, 0.4) is 0 Å². The van der Waals surface area contributed by atoms with Gasteiger partial charge in [0.25, 0.3) is 0 Å². The molecule has 0 aliphatic rings. The van der Waals surface area contributed by atoms with Crippen molar-refractivity contribution in [2.75, 3.05) is 0 Å². The van der Waals surface area contributed by atoms with Crippen molar-refractivity contribution in [3.63, 3.8) is 0 Å². The van der Waals surface area contributed by atoms with Crippen molar-refractivity contribution in [3.8, 4) is 17.1 Å². The number of aryl methyl sites for hydroxylation is 1. The van der Waals surface area contributed by atoms with Crippen molar-refractivity contribution in [3.05, 3.63) is 188 Å². The summed E-state index contributed by atoms with van der Waals surface area (Å²) < 4.78 is 7.20. The van der Waals surface area contributed by atoms with Crippen LogP contribution < -0.4 is 20.7 Å². The molecule has 0 unspecified atom stereocenters. The maximum Gasteiger partial charge on any atom is 0.179 e. The maximum atomic E-state index is 5.14. The van der Waals surface area contributed by atoms with Crippen molar-refractivity contribution in [2.45, 2.75) is 0 Å². The van der Waals surface area contributed by atoms with Crippen LogP contribution >= 0.6 is 11.3 Å². The number of pyridine rings is 1. The van der Waals surface area contributed by atoms with Crippen LogP contribution in [0.2, 0.25) is 0 Å². The normalized spacial score (nSPS) is 12.1. The second-order valence-electron chi connectivity index (χ2n) is 14.3. The van der Waals surface area contributed by atoms with Crippen LogP contribution in [0.15, 0.2) is 188 Å². The first-order chi connectivity index (χ1) is 27.2. The number of fused-ring (bicyclic) bond motifs is 7. The van der Waals surface area contributed by atoms with Crippen LogP contribution in [0.4, 0.5) is 0 Å². The summed E-state index contributed by atoms with van der Waals surface area (Å²) in [6.45, 7) is 0. The Hall–Kier alpha value is -6.60.